The van der Waals surface area contributed by atoms with E-state index in [4.69, 9.17) is 33.9 Å². The predicted octanol–water partition coefficient (Wildman–Crippen LogP) is -0.312. The third kappa shape index (κ3) is 34.5. The van der Waals surface area contributed by atoms with Crippen molar-refractivity contribution in [1.82, 2.24) is 0 Å². The van der Waals surface area contributed by atoms with Crippen LogP contribution in [0.1, 0.15) is 32.6 Å². The van der Waals surface area contributed by atoms with Crippen LogP contribution in [-0.2, 0) is 33.2 Å². The fraction of sp³-hybridized carbons (Fsp3) is 0.917. The zero-order valence-electron chi connectivity index (χ0n) is 22.5. The molecule has 4 atom stereocenters. The molecule has 0 radical (unpaired) electrons. The van der Waals surface area contributed by atoms with Gasteiger partial charge in [0.05, 0.1) is 58.0 Å². The van der Waals surface area contributed by atoms with Gasteiger partial charge in [0.1, 0.15) is 6.10 Å². The first-order chi connectivity index (χ1) is 17.4. The number of ether oxygens (including phenoxy) is 7. The number of rotatable bonds is 26. The first kappa shape index (κ1) is 40.0. The molecule has 0 heterocycles. The van der Waals surface area contributed by atoms with E-state index in [-0.39, 0.29) is 46.2 Å². The minimum Gasteiger partial charge on any atom is -0.553 e. The van der Waals surface area contributed by atoms with Crippen LogP contribution in [0.5, 0.6) is 0 Å². The van der Waals surface area contributed by atoms with Gasteiger partial charge in [0.2, 0.25) is 0 Å². The first-order valence-electron chi connectivity index (χ1n) is 12.4. The number of aliphatic hydroxyl groups excluding tert-OH is 5. The molecule has 4 unspecified atom stereocenters. The van der Waals surface area contributed by atoms with Gasteiger partial charge in [0.15, 0.2) is 0 Å². The molecule has 12 nitrogen and oxygen atoms in total. The molecule has 0 spiro atoms. The van der Waals surface area contributed by atoms with Crippen molar-refractivity contribution in [2.75, 3.05) is 85.9 Å². The van der Waals surface area contributed by atoms with E-state index >= 15 is 0 Å². The van der Waals surface area contributed by atoms with E-state index < -0.39 is 24.4 Å². The monoisotopic (exact) mass is 797 g/mol. The number of hydrogen-bond donors (Lipinski definition) is 5. The Labute approximate surface area is 216 Å². The molecule has 0 bridgehead atoms. The molecule has 0 amide bonds. The Morgan fingerprint density at radius 3 is 1.46 bits per heavy atom. The molecule has 0 aromatic heterocycles. The van der Waals surface area contributed by atoms with Gasteiger partial charge in [0, 0.05) is 46.2 Å². The maximum Gasteiger partial charge on any atom is 0.101 e. The Balaban J connectivity index is -0.000000641. The van der Waals surface area contributed by atoms with Gasteiger partial charge in [-0.05, 0) is 32.6 Å². The van der Waals surface area contributed by atoms with Gasteiger partial charge in [-0.3, -0.25) is 0 Å². The van der Waals surface area contributed by atoms with Gasteiger partial charge in [0.25, 0.3) is 0 Å². The number of hydrogen-bond acceptors (Lipinski definition) is 12. The molecule has 0 fully saturated rings. The molecule has 222 valence electrons. The zero-order valence-corrected chi connectivity index (χ0v) is 28.9. The molecule has 0 aromatic rings. The summed E-state index contributed by atoms with van der Waals surface area (Å²) in [5.74, 6) is 0. The molecule has 13 heteroatoms. The van der Waals surface area contributed by atoms with Crippen molar-refractivity contribution in [3.8, 4) is 0 Å². The van der Waals surface area contributed by atoms with Crippen LogP contribution in [0.3, 0.4) is 0 Å². The van der Waals surface area contributed by atoms with Crippen molar-refractivity contribution in [2.45, 2.75) is 57.0 Å². The summed E-state index contributed by atoms with van der Waals surface area (Å²) in [5, 5.41) is 45.7. The van der Waals surface area contributed by atoms with Crippen molar-refractivity contribution in [3.05, 3.63) is 14.2 Å². The Morgan fingerprint density at radius 1 is 0.541 bits per heavy atom. The normalized spacial score (nSPS) is 14.3. The Kier molecular flexibility index (Phi) is 35.2. The van der Waals surface area contributed by atoms with Crippen molar-refractivity contribution in [3.63, 3.8) is 0 Å². The second-order valence-corrected chi connectivity index (χ2v) is 7.86. The summed E-state index contributed by atoms with van der Waals surface area (Å²) in [6.07, 6.45) is 0.551. The Bertz CT molecular complexity index is 412. The minimum atomic E-state index is -0.760. The second kappa shape index (κ2) is 32.5. The van der Waals surface area contributed by atoms with Crippen molar-refractivity contribution in [2.24, 2.45) is 0 Å². The fourth-order valence-corrected chi connectivity index (χ4v) is 2.46. The van der Waals surface area contributed by atoms with E-state index in [0.29, 0.717) is 52.5 Å². The summed E-state index contributed by atoms with van der Waals surface area (Å²) in [7, 11) is 6.32. The van der Waals surface area contributed by atoms with Crippen molar-refractivity contribution in [1.29, 1.82) is 0 Å². The standard InChI is InChI=1S/C15H31O6.C9H19O6.Rf/c1-3-19-13-15(17)7-11-21-9-5-4-8-20-10-6-14(16)12-18-2;1-13-4-8(11)6-15-7-9(12)5-14-3-2-10;/h14-17H,2-13H2,1H3;8-12H,1-7H2;/q2*-1;. The third-order valence-electron chi connectivity index (χ3n) is 4.32. The second-order valence-electron chi connectivity index (χ2n) is 7.86. The van der Waals surface area contributed by atoms with E-state index in [9.17, 15) is 15.3 Å². The molecular formula is C24H50O12Rf-2. The minimum absolute atomic E-state index is 0. The smallest absolute Gasteiger partial charge is 0.101 e. The quantitative estimate of drug-likeness (QED) is 0.0574. The van der Waals surface area contributed by atoms with E-state index in [2.05, 4.69) is 23.7 Å². The maximum absolute atomic E-state index is 9.50. The summed E-state index contributed by atoms with van der Waals surface area (Å²) in [6, 6.07) is 0. The van der Waals surface area contributed by atoms with Crippen LogP contribution < -0.4 is 0 Å². The van der Waals surface area contributed by atoms with Gasteiger partial charge in [-0.15, -0.1) is 0 Å². The van der Waals surface area contributed by atoms with Crippen molar-refractivity contribution >= 4 is 0 Å². The van der Waals surface area contributed by atoms with E-state index in [0.717, 1.165) is 12.8 Å². The number of unbranched alkanes of at least 4 members (excludes halogenated alkanes) is 1. The SMILES string of the molecule is [CH2-]OCC(O)CCOCCCCOCCC(O)COCC.[CH2-]OCC(O)COCC(O)COCCO.[Rf]. The maximum atomic E-state index is 9.50. The van der Waals surface area contributed by atoms with Crippen LogP contribution in [0.2, 0.25) is 0 Å². The van der Waals surface area contributed by atoms with Gasteiger partial charge in [-0.1, -0.05) is 0 Å². The van der Waals surface area contributed by atoms with Crippen LogP contribution in [-0.4, -0.2) is 136 Å². The molecule has 37 heavy (non-hydrogen) atoms. The van der Waals surface area contributed by atoms with E-state index in [1.807, 2.05) is 6.92 Å². The topological polar surface area (TPSA) is 166 Å². The Hall–Kier alpha value is -1.48. The molecule has 0 aliphatic rings. The summed E-state index contributed by atoms with van der Waals surface area (Å²) < 4.78 is 34.8. The number of aliphatic hydroxyl groups is 5. The van der Waals surface area contributed by atoms with Gasteiger partial charge in [-0.25, -0.2) is 14.2 Å². The average Bonchev–Trinajstić information content (AvgIpc) is 2.84. The predicted molar refractivity (Wildman–Crippen MR) is 132 cm³/mol. The third-order valence-corrected chi connectivity index (χ3v) is 4.32. The molecule has 0 saturated heterocycles. The van der Waals surface area contributed by atoms with Crippen LogP contribution >= 0.6 is 0 Å². The van der Waals surface area contributed by atoms with Gasteiger partial charge in [-0.2, -0.15) is 0 Å². The molecule has 5 N–H and O–H groups in total. The zero-order chi connectivity index (χ0) is 27.3. The van der Waals surface area contributed by atoms with Crippen LogP contribution in [0.15, 0.2) is 0 Å². The van der Waals surface area contributed by atoms with Gasteiger partial charge < -0.3 is 58.7 Å². The summed E-state index contributed by atoms with van der Waals surface area (Å²) in [4.78, 5) is 0. The molecular weight excluding hydrogens is 747 g/mol. The van der Waals surface area contributed by atoms with Crippen LogP contribution in [0, 0.1) is 14.2 Å². The van der Waals surface area contributed by atoms with E-state index in [1.165, 1.54) is 0 Å². The van der Waals surface area contributed by atoms with Crippen LogP contribution in [0.4, 0.5) is 0 Å². The largest absolute Gasteiger partial charge is 0.553 e. The first-order valence-corrected chi connectivity index (χ1v) is 12.4. The summed E-state index contributed by atoms with van der Waals surface area (Å²) in [6.45, 7) is 6.00. The molecule has 0 rings (SSSR count). The molecule has 0 aliphatic carbocycles. The molecule has 0 aromatic carbocycles. The van der Waals surface area contributed by atoms with Gasteiger partial charge >= 0.3 is 0 Å². The fourth-order valence-electron chi connectivity index (χ4n) is 2.46. The molecule has 0 aliphatic heterocycles. The van der Waals surface area contributed by atoms with E-state index in [1.54, 1.807) is 0 Å². The Morgan fingerprint density at radius 2 is 0.973 bits per heavy atom. The van der Waals surface area contributed by atoms with Crippen LogP contribution in [0.25, 0.3) is 0 Å². The van der Waals surface area contributed by atoms with Crippen molar-refractivity contribution < 1.29 is 58.7 Å². The average molecular weight is 798 g/mol. The summed E-state index contributed by atoms with van der Waals surface area (Å²) >= 11 is 0. The molecule has 0 saturated carbocycles. The summed E-state index contributed by atoms with van der Waals surface area (Å²) in [5.41, 5.74) is 0.